The van der Waals surface area contributed by atoms with Crippen LogP contribution in [0.25, 0.3) is 0 Å². The highest BCUT2D eigenvalue weighted by molar-refractivity contribution is 5.35. The van der Waals surface area contributed by atoms with E-state index in [9.17, 15) is 0 Å². The monoisotopic (exact) mass is 286 g/mol. The number of hydrogen-bond acceptors (Lipinski definition) is 2. The van der Waals surface area contributed by atoms with Gasteiger partial charge < -0.3 is 10.2 Å². The molecule has 2 atom stereocenters. The van der Waals surface area contributed by atoms with Crippen LogP contribution in [0.3, 0.4) is 0 Å². The Morgan fingerprint density at radius 1 is 1.14 bits per heavy atom. The van der Waals surface area contributed by atoms with Crippen LogP contribution >= 0.6 is 0 Å². The van der Waals surface area contributed by atoms with Gasteiger partial charge in [0.1, 0.15) is 0 Å². The number of fused-ring (bicyclic) bond motifs is 1. The number of piperidine rings is 1. The summed E-state index contributed by atoms with van der Waals surface area (Å²) in [5.41, 5.74) is 4.65. The molecule has 21 heavy (non-hydrogen) atoms. The van der Waals surface area contributed by atoms with Gasteiger partial charge in [-0.2, -0.15) is 0 Å². The number of nitrogens with zero attached hydrogens (tertiary/aromatic N) is 1. The highest BCUT2D eigenvalue weighted by atomic mass is 15.2. The Hall–Kier alpha value is -0.860. The molecule has 0 bridgehead atoms. The summed E-state index contributed by atoms with van der Waals surface area (Å²) in [5.74, 6) is 0. The van der Waals surface area contributed by atoms with E-state index >= 15 is 0 Å². The molecule has 0 amide bonds. The molecule has 2 aliphatic rings. The number of hydrogen-bond donors (Lipinski definition) is 1. The van der Waals surface area contributed by atoms with Crippen molar-refractivity contribution >= 4 is 0 Å². The summed E-state index contributed by atoms with van der Waals surface area (Å²) in [6.07, 6.45) is 9.41. The lowest BCUT2D eigenvalue weighted by atomic mass is 9.89. The molecule has 1 fully saturated rings. The first kappa shape index (κ1) is 15.1. The van der Waals surface area contributed by atoms with Crippen molar-refractivity contribution < 1.29 is 0 Å². The third-order valence-corrected chi connectivity index (χ3v) is 5.45. The largest absolute Gasteiger partial charge is 0.309 e. The normalized spacial score (nSPS) is 24.6. The Morgan fingerprint density at radius 3 is 2.76 bits per heavy atom. The van der Waals surface area contributed by atoms with Gasteiger partial charge in [-0.15, -0.1) is 0 Å². The van der Waals surface area contributed by atoms with E-state index < -0.39 is 0 Å². The average molecular weight is 286 g/mol. The van der Waals surface area contributed by atoms with Crippen molar-refractivity contribution in [1.29, 1.82) is 0 Å². The zero-order chi connectivity index (χ0) is 14.7. The van der Waals surface area contributed by atoms with Crippen LogP contribution in [0.5, 0.6) is 0 Å². The maximum Gasteiger partial charge on any atom is 0.0292 e. The molecule has 1 aromatic rings. The molecule has 1 saturated heterocycles. The second-order valence-electron chi connectivity index (χ2n) is 7.00. The van der Waals surface area contributed by atoms with Crippen molar-refractivity contribution in [3.8, 4) is 0 Å². The molecule has 2 unspecified atom stereocenters. The summed E-state index contributed by atoms with van der Waals surface area (Å²) in [6.45, 7) is 4.70. The molecule has 0 aromatic heterocycles. The summed E-state index contributed by atoms with van der Waals surface area (Å²) in [6, 6.07) is 8.35. The van der Waals surface area contributed by atoms with E-state index in [1.165, 1.54) is 57.1 Å². The van der Waals surface area contributed by atoms with Gasteiger partial charge in [0.15, 0.2) is 0 Å². The highest BCUT2D eigenvalue weighted by Crippen LogP contribution is 2.25. The van der Waals surface area contributed by atoms with E-state index in [2.05, 4.69) is 42.4 Å². The minimum absolute atomic E-state index is 0.465. The molecule has 116 valence electrons. The van der Waals surface area contributed by atoms with Crippen molar-refractivity contribution in [2.75, 3.05) is 20.1 Å². The van der Waals surface area contributed by atoms with Crippen LogP contribution < -0.4 is 5.32 Å². The Balaban J connectivity index is 1.58. The molecular weight excluding hydrogens is 256 g/mol. The van der Waals surface area contributed by atoms with Gasteiger partial charge in [0, 0.05) is 18.6 Å². The standard InChI is InChI=1S/C19H30N2/c1-15(20-14-19-9-5-6-12-21(19)2)17-11-10-16-7-3-4-8-18(16)13-17/h10-11,13,15,19-20H,3-9,12,14H2,1-2H3. The topological polar surface area (TPSA) is 15.3 Å². The molecule has 1 aliphatic carbocycles. The molecular formula is C19H30N2. The third kappa shape index (κ3) is 3.67. The Morgan fingerprint density at radius 2 is 1.95 bits per heavy atom. The fraction of sp³-hybridized carbons (Fsp3) is 0.684. The molecule has 0 spiro atoms. The first-order valence-corrected chi connectivity index (χ1v) is 8.79. The van der Waals surface area contributed by atoms with Crippen molar-refractivity contribution in [2.24, 2.45) is 0 Å². The fourth-order valence-corrected chi connectivity index (χ4v) is 3.86. The Labute approximate surface area is 129 Å². The van der Waals surface area contributed by atoms with E-state index in [0.717, 1.165) is 12.6 Å². The number of likely N-dealkylation sites (N-methyl/N-ethyl adjacent to an activating group) is 1. The highest BCUT2D eigenvalue weighted by Gasteiger charge is 2.19. The maximum absolute atomic E-state index is 3.76. The molecule has 2 nitrogen and oxygen atoms in total. The predicted octanol–water partition coefficient (Wildman–Crippen LogP) is 3.70. The molecule has 2 heteroatoms. The predicted molar refractivity (Wildman–Crippen MR) is 89.8 cm³/mol. The minimum Gasteiger partial charge on any atom is -0.309 e. The molecule has 1 N–H and O–H groups in total. The summed E-state index contributed by atoms with van der Waals surface area (Å²) < 4.78 is 0. The Bertz CT molecular complexity index is 469. The second-order valence-corrected chi connectivity index (χ2v) is 7.00. The van der Waals surface area contributed by atoms with Crippen LogP contribution in [0, 0.1) is 0 Å². The van der Waals surface area contributed by atoms with Crippen molar-refractivity contribution in [2.45, 2.75) is 64.0 Å². The van der Waals surface area contributed by atoms with Crippen LogP contribution in [0.4, 0.5) is 0 Å². The molecule has 1 aliphatic heterocycles. The van der Waals surface area contributed by atoms with Gasteiger partial charge in [0.2, 0.25) is 0 Å². The van der Waals surface area contributed by atoms with E-state index in [-0.39, 0.29) is 0 Å². The van der Waals surface area contributed by atoms with Crippen LogP contribution in [-0.4, -0.2) is 31.1 Å². The van der Waals surface area contributed by atoms with E-state index in [1.807, 2.05) is 0 Å². The van der Waals surface area contributed by atoms with Crippen LogP contribution in [0.2, 0.25) is 0 Å². The summed E-state index contributed by atoms with van der Waals surface area (Å²) in [4.78, 5) is 2.52. The van der Waals surface area contributed by atoms with E-state index in [0.29, 0.717) is 6.04 Å². The van der Waals surface area contributed by atoms with Crippen LogP contribution in [-0.2, 0) is 12.8 Å². The summed E-state index contributed by atoms with van der Waals surface area (Å²) in [5, 5.41) is 3.76. The number of nitrogens with one attached hydrogen (secondary N) is 1. The van der Waals surface area contributed by atoms with Gasteiger partial charge >= 0.3 is 0 Å². The van der Waals surface area contributed by atoms with Gasteiger partial charge in [0.05, 0.1) is 0 Å². The molecule has 1 aromatic carbocycles. The molecule has 0 saturated carbocycles. The van der Waals surface area contributed by atoms with Crippen LogP contribution in [0.1, 0.15) is 61.8 Å². The smallest absolute Gasteiger partial charge is 0.0292 e. The van der Waals surface area contributed by atoms with E-state index in [1.54, 1.807) is 11.1 Å². The minimum atomic E-state index is 0.465. The fourth-order valence-electron chi connectivity index (χ4n) is 3.86. The average Bonchev–Trinajstić information content (AvgIpc) is 2.53. The lowest BCUT2D eigenvalue weighted by molar-refractivity contribution is 0.178. The quantitative estimate of drug-likeness (QED) is 0.908. The SMILES string of the molecule is CC(NCC1CCCCN1C)c1ccc2c(c1)CCCC2. The van der Waals surface area contributed by atoms with Gasteiger partial charge in [-0.05, 0) is 75.7 Å². The zero-order valence-corrected chi connectivity index (χ0v) is 13.7. The Kier molecular flexibility index (Phi) is 4.97. The zero-order valence-electron chi connectivity index (χ0n) is 13.7. The first-order valence-electron chi connectivity index (χ1n) is 8.79. The number of likely N-dealkylation sites (tertiary alicyclic amines) is 1. The van der Waals surface area contributed by atoms with E-state index in [4.69, 9.17) is 0 Å². The number of aryl methyl sites for hydroxylation is 2. The number of rotatable bonds is 4. The maximum atomic E-state index is 3.76. The van der Waals surface area contributed by atoms with Gasteiger partial charge in [0.25, 0.3) is 0 Å². The lowest BCUT2D eigenvalue weighted by Crippen LogP contribution is -2.43. The lowest BCUT2D eigenvalue weighted by Gasteiger charge is -2.33. The van der Waals surface area contributed by atoms with Crippen molar-refractivity contribution in [3.63, 3.8) is 0 Å². The molecule has 3 rings (SSSR count). The van der Waals surface area contributed by atoms with Gasteiger partial charge in [-0.3, -0.25) is 0 Å². The van der Waals surface area contributed by atoms with Crippen LogP contribution in [0.15, 0.2) is 18.2 Å². The first-order chi connectivity index (χ1) is 10.2. The summed E-state index contributed by atoms with van der Waals surface area (Å²) in [7, 11) is 2.27. The summed E-state index contributed by atoms with van der Waals surface area (Å²) >= 11 is 0. The molecule has 1 heterocycles. The third-order valence-electron chi connectivity index (χ3n) is 5.45. The number of benzene rings is 1. The van der Waals surface area contributed by atoms with Crippen molar-refractivity contribution in [1.82, 2.24) is 10.2 Å². The second kappa shape index (κ2) is 6.93. The molecule has 0 radical (unpaired) electrons. The van der Waals surface area contributed by atoms with Gasteiger partial charge in [-0.1, -0.05) is 24.6 Å². The van der Waals surface area contributed by atoms with Gasteiger partial charge in [-0.25, -0.2) is 0 Å². The van der Waals surface area contributed by atoms with Crippen molar-refractivity contribution in [3.05, 3.63) is 34.9 Å².